The van der Waals surface area contributed by atoms with Crippen LogP contribution in [0.1, 0.15) is 99.5 Å². The number of anilines is 1. The topological polar surface area (TPSA) is 85.3 Å². The summed E-state index contributed by atoms with van der Waals surface area (Å²) in [4.78, 5) is 30.6. The summed E-state index contributed by atoms with van der Waals surface area (Å²) in [7, 11) is 1.40. The van der Waals surface area contributed by atoms with Gasteiger partial charge in [0, 0.05) is 35.5 Å². The maximum atomic E-state index is 14.1. The van der Waals surface area contributed by atoms with Crippen molar-refractivity contribution in [2.45, 2.75) is 109 Å². The molecule has 2 heterocycles. The summed E-state index contributed by atoms with van der Waals surface area (Å²) in [5, 5.41) is 10.2. The number of aliphatic hydroxyl groups excluding tert-OH is 1. The molecule has 2 saturated carbocycles. The van der Waals surface area contributed by atoms with Crippen LogP contribution in [0.5, 0.6) is 0 Å². The van der Waals surface area contributed by atoms with Gasteiger partial charge >= 0.3 is 5.97 Å². The number of methoxy groups -OCH3 is 1. The maximum absolute atomic E-state index is 14.1. The number of nitrogens with zero attached hydrogens (tertiary/aromatic N) is 1. The molecule has 4 rings (SSSR count). The minimum Gasteiger partial charge on any atom is -0.465 e. The lowest BCUT2D eigenvalue weighted by molar-refractivity contribution is -0.124. The molecule has 0 unspecified atom stereocenters. The fourth-order valence-corrected chi connectivity index (χ4v) is 7.04. The first-order chi connectivity index (χ1) is 17.7. The SMILES string of the molecule is COC(=O)c1sc(C(C)(C)COC2CCOCC2)cc1N(C(=O)C1CCC(C)CC1)C1CCC(O)CC1. The van der Waals surface area contributed by atoms with Crippen molar-refractivity contribution >= 4 is 28.9 Å². The lowest BCUT2D eigenvalue weighted by atomic mass is 9.81. The van der Waals surface area contributed by atoms with Crippen LogP contribution in [0, 0.1) is 11.8 Å². The molecule has 208 valence electrons. The van der Waals surface area contributed by atoms with Gasteiger partial charge in [0.15, 0.2) is 0 Å². The zero-order valence-electron chi connectivity index (χ0n) is 23.0. The Balaban J connectivity index is 1.64. The van der Waals surface area contributed by atoms with Crippen molar-refractivity contribution in [1.29, 1.82) is 0 Å². The first-order valence-electron chi connectivity index (χ1n) is 14.1. The number of hydrogen-bond donors (Lipinski definition) is 1. The first-order valence-corrected chi connectivity index (χ1v) is 14.9. The molecule has 0 atom stereocenters. The number of hydrogen-bond acceptors (Lipinski definition) is 7. The minimum absolute atomic E-state index is 0.0253. The highest BCUT2D eigenvalue weighted by atomic mass is 32.1. The predicted octanol–water partition coefficient (Wildman–Crippen LogP) is 5.47. The molecule has 1 amide bonds. The number of rotatable bonds is 8. The van der Waals surface area contributed by atoms with Crippen molar-refractivity contribution in [3.8, 4) is 0 Å². The Kier molecular flexibility index (Phi) is 9.70. The molecule has 1 aliphatic heterocycles. The van der Waals surface area contributed by atoms with E-state index >= 15 is 0 Å². The van der Waals surface area contributed by atoms with Crippen LogP contribution in [0.25, 0.3) is 0 Å². The fraction of sp³-hybridized carbons (Fsp3) is 0.793. The van der Waals surface area contributed by atoms with Gasteiger partial charge in [0.2, 0.25) is 5.91 Å². The normalized spacial score (nSPS) is 27.6. The second kappa shape index (κ2) is 12.6. The number of thiophene rings is 1. The van der Waals surface area contributed by atoms with Gasteiger partial charge in [0.05, 0.1) is 31.6 Å². The molecule has 3 aliphatic rings. The van der Waals surface area contributed by atoms with Crippen molar-refractivity contribution in [3.05, 3.63) is 15.8 Å². The van der Waals surface area contributed by atoms with Gasteiger partial charge in [-0.25, -0.2) is 4.79 Å². The summed E-state index contributed by atoms with van der Waals surface area (Å²) >= 11 is 1.42. The van der Waals surface area contributed by atoms with Gasteiger partial charge in [-0.2, -0.15) is 0 Å². The Morgan fingerprint density at radius 2 is 1.70 bits per heavy atom. The first kappa shape index (κ1) is 28.5. The van der Waals surface area contributed by atoms with Crippen LogP contribution in [0.2, 0.25) is 0 Å². The number of carbonyl (C=O) groups is 2. The molecular formula is C29H45NO6S. The molecule has 1 N–H and O–H groups in total. The predicted molar refractivity (Wildman–Crippen MR) is 145 cm³/mol. The summed E-state index contributed by atoms with van der Waals surface area (Å²) in [6.45, 7) is 8.51. The van der Waals surface area contributed by atoms with E-state index in [1.54, 1.807) is 0 Å². The standard InChI is InChI=1S/C29H45NO6S/c1-19-5-7-20(8-6-19)27(32)30(21-9-11-22(31)12-10-21)24-17-25(37-26(24)28(33)34-4)29(2,3)18-36-23-13-15-35-16-14-23/h17,19-23,31H,5-16,18H2,1-4H3. The van der Waals surface area contributed by atoms with Crippen LogP contribution in [0.15, 0.2) is 6.07 Å². The van der Waals surface area contributed by atoms with Crippen molar-refractivity contribution in [2.24, 2.45) is 11.8 Å². The molecule has 0 aromatic carbocycles. The molecule has 0 radical (unpaired) electrons. The quantitative estimate of drug-likeness (QED) is 0.444. The van der Waals surface area contributed by atoms with Crippen molar-refractivity contribution in [3.63, 3.8) is 0 Å². The van der Waals surface area contributed by atoms with E-state index < -0.39 is 5.97 Å². The number of ether oxygens (including phenoxy) is 3. The summed E-state index contributed by atoms with van der Waals surface area (Å²) in [6.07, 6.45) is 8.38. The van der Waals surface area contributed by atoms with Crippen LogP contribution in [0.4, 0.5) is 5.69 Å². The molecule has 1 aromatic heterocycles. The van der Waals surface area contributed by atoms with Gasteiger partial charge in [-0.3, -0.25) is 4.79 Å². The summed E-state index contributed by atoms with van der Waals surface area (Å²) in [6, 6.07) is 2.02. The molecule has 7 nitrogen and oxygen atoms in total. The van der Waals surface area contributed by atoms with Gasteiger partial charge in [0.1, 0.15) is 4.88 Å². The molecule has 37 heavy (non-hydrogen) atoms. The van der Waals surface area contributed by atoms with Crippen molar-refractivity contribution in [2.75, 3.05) is 31.8 Å². The third kappa shape index (κ3) is 6.94. The Morgan fingerprint density at radius 1 is 1.05 bits per heavy atom. The highest BCUT2D eigenvalue weighted by Crippen LogP contribution is 2.42. The van der Waals surface area contributed by atoms with E-state index in [1.807, 2.05) is 11.0 Å². The number of carbonyl (C=O) groups excluding carboxylic acids is 2. The lowest BCUT2D eigenvalue weighted by Crippen LogP contribution is -2.47. The van der Waals surface area contributed by atoms with Crippen LogP contribution >= 0.6 is 11.3 Å². The Labute approximate surface area is 225 Å². The molecule has 0 spiro atoms. The van der Waals surface area contributed by atoms with Crippen molar-refractivity contribution < 1.29 is 28.9 Å². The van der Waals surface area contributed by atoms with Crippen LogP contribution in [-0.4, -0.2) is 62.2 Å². The molecule has 2 aliphatic carbocycles. The average molecular weight is 536 g/mol. The van der Waals surface area contributed by atoms with Crippen LogP contribution in [-0.2, 0) is 24.4 Å². The van der Waals surface area contributed by atoms with E-state index in [9.17, 15) is 14.7 Å². The molecule has 1 aromatic rings. The highest BCUT2D eigenvalue weighted by Gasteiger charge is 2.39. The Morgan fingerprint density at radius 3 is 2.32 bits per heavy atom. The van der Waals surface area contributed by atoms with Crippen LogP contribution in [0.3, 0.4) is 0 Å². The van der Waals surface area contributed by atoms with E-state index in [0.717, 1.165) is 69.5 Å². The van der Waals surface area contributed by atoms with E-state index in [1.165, 1.54) is 18.4 Å². The minimum atomic E-state index is -0.404. The fourth-order valence-electron chi connectivity index (χ4n) is 5.89. The summed E-state index contributed by atoms with van der Waals surface area (Å²) in [5.74, 6) is 0.344. The molecule has 0 bridgehead atoms. The van der Waals surface area contributed by atoms with E-state index in [2.05, 4.69) is 20.8 Å². The maximum Gasteiger partial charge on any atom is 0.350 e. The largest absolute Gasteiger partial charge is 0.465 e. The van der Waals surface area contributed by atoms with Crippen molar-refractivity contribution in [1.82, 2.24) is 0 Å². The molecule has 8 heteroatoms. The Hall–Kier alpha value is -1.48. The molecular weight excluding hydrogens is 490 g/mol. The second-order valence-electron chi connectivity index (χ2n) is 12.0. The third-order valence-corrected chi connectivity index (χ3v) is 9.96. The van der Waals surface area contributed by atoms with Gasteiger partial charge in [-0.1, -0.05) is 20.8 Å². The average Bonchev–Trinajstić information content (AvgIpc) is 3.35. The zero-order valence-corrected chi connectivity index (χ0v) is 23.8. The Bertz CT molecular complexity index is 907. The third-order valence-electron chi connectivity index (χ3n) is 8.49. The number of aliphatic hydroxyl groups is 1. The van der Waals surface area contributed by atoms with E-state index in [0.29, 0.717) is 35.9 Å². The smallest absolute Gasteiger partial charge is 0.350 e. The number of esters is 1. The zero-order chi connectivity index (χ0) is 26.6. The van der Waals surface area contributed by atoms with E-state index in [-0.39, 0.29) is 35.5 Å². The number of amides is 1. The second-order valence-corrected chi connectivity index (χ2v) is 13.0. The molecule has 1 saturated heterocycles. The van der Waals surface area contributed by atoms with Gasteiger partial charge in [-0.15, -0.1) is 11.3 Å². The van der Waals surface area contributed by atoms with Gasteiger partial charge < -0.3 is 24.2 Å². The monoisotopic (exact) mass is 535 g/mol. The van der Waals surface area contributed by atoms with Gasteiger partial charge in [0.25, 0.3) is 0 Å². The lowest BCUT2D eigenvalue weighted by Gasteiger charge is -2.39. The highest BCUT2D eigenvalue weighted by molar-refractivity contribution is 7.14. The van der Waals surface area contributed by atoms with E-state index in [4.69, 9.17) is 14.2 Å². The van der Waals surface area contributed by atoms with Crippen LogP contribution < -0.4 is 4.90 Å². The van der Waals surface area contributed by atoms with Gasteiger partial charge in [-0.05, 0) is 76.2 Å². The summed E-state index contributed by atoms with van der Waals surface area (Å²) in [5.41, 5.74) is 0.345. The molecule has 3 fully saturated rings. The summed E-state index contributed by atoms with van der Waals surface area (Å²) < 4.78 is 16.9.